The summed E-state index contributed by atoms with van der Waals surface area (Å²) < 4.78 is 74.1. The zero-order valence-corrected chi connectivity index (χ0v) is 15.5. The number of hydrogen-bond donors (Lipinski definition) is 2. The van der Waals surface area contributed by atoms with Gasteiger partial charge in [0.05, 0.1) is 16.5 Å². The van der Waals surface area contributed by atoms with E-state index in [1.165, 1.54) is 0 Å². The number of ether oxygens (including phenoxy) is 1. The smallest absolute Gasteiger partial charge is 0.264 e. The lowest BCUT2D eigenvalue weighted by Gasteiger charge is -2.16. The Labute approximate surface area is 163 Å². The summed E-state index contributed by atoms with van der Waals surface area (Å²) in [5.41, 5.74) is -1.28. The number of nitriles is 1. The lowest BCUT2D eigenvalue weighted by Crippen LogP contribution is -2.29. The van der Waals surface area contributed by atoms with Crippen molar-refractivity contribution in [2.45, 2.75) is 30.3 Å². The fraction of sp³-hybridized carbons (Fsp3) is 0.222. The molecule has 0 saturated carbocycles. The molecule has 0 radical (unpaired) electrons. The Bertz CT molecular complexity index is 1150. The van der Waals surface area contributed by atoms with Crippen LogP contribution in [0.2, 0.25) is 0 Å². The molecule has 11 heteroatoms. The quantitative estimate of drug-likeness (QED) is 0.777. The van der Waals surface area contributed by atoms with Crippen LogP contribution in [-0.2, 0) is 14.8 Å². The summed E-state index contributed by atoms with van der Waals surface area (Å²) in [7, 11) is -4.52. The zero-order valence-electron chi connectivity index (χ0n) is 14.7. The molecule has 29 heavy (non-hydrogen) atoms. The molecule has 3 atom stereocenters. The highest BCUT2D eigenvalue weighted by Gasteiger charge is 2.46. The van der Waals surface area contributed by atoms with Crippen LogP contribution in [0, 0.1) is 17.1 Å². The first-order valence-corrected chi connectivity index (χ1v) is 9.58. The number of hydrogen-bond acceptors (Lipinski definition) is 6. The second-order valence-corrected chi connectivity index (χ2v) is 7.88. The minimum absolute atomic E-state index is 0.0956. The fourth-order valence-electron chi connectivity index (χ4n) is 3.05. The largest absolute Gasteiger partial charge is 0.457 e. The van der Waals surface area contributed by atoms with Gasteiger partial charge in [-0.05, 0) is 24.3 Å². The molecule has 0 spiro atoms. The van der Waals surface area contributed by atoms with Gasteiger partial charge in [-0.3, -0.25) is 4.79 Å². The summed E-state index contributed by atoms with van der Waals surface area (Å²) in [6.07, 6.45) is -7.06. The molecule has 2 aromatic rings. The number of halogens is 3. The van der Waals surface area contributed by atoms with Gasteiger partial charge in [0.2, 0.25) is 5.91 Å². The molecule has 0 aromatic heterocycles. The van der Waals surface area contributed by atoms with Crippen molar-refractivity contribution in [3.05, 3.63) is 52.8 Å². The van der Waals surface area contributed by atoms with Crippen LogP contribution in [0.25, 0.3) is 0 Å². The summed E-state index contributed by atoms with van der Waals surface area (Å²) in [6, 6.07) is 6.55. The van der Waals surface area contributed by atoms with Gasteiger partial charge >= 0.3 is 0 Å². The van der Waals surface area contributed by atoms with Crippen LogP contribution in [0.15, 0.2) is 35.2 Å². The predicted molar refractivity (Wildman–Crippen MR) is 92.3 cm³/mol. The zero-order chi connectivity index (χ0) is 21.5. The maximum atomic E-state index is 14.6. The number of carbonyl (C=O) groups excluding carboxylic acids is 1. The molecule has 152 valence electrons. The number of alkyl halides is 2. The summed E-state index contributed by atoms with van der Waals surface area (Å²) in [4.78, 5) is 10.5. The third kappa shape index (κ3) is 3.76. The van der Waals surface area contributed by atoms with Crippen molar-refractivity contribution in [3.63, 3.8) is 0 Å². The standard InChI is InChI=1S/C18H13F3N2O5S/c1-8(24)23-29(26,27)13-3-2-12(14-15(13)18(25)17(21)16(14)20)28-11-5-9(7-22)4-10(19)6-11/h2-6,16-18,25H,1H3,(H,23,24)/t16-,17+,18-/m0/s1. The van der Waals surface area contributed by atoms with E-state index in [4.69, 9.17) is 10.00 Å². The first-order valence-electron chi connectivity index (χ1n) is 8.10. The maximum Gasteiger partial charge on any atom is 0.264 e. The fourth-order valence-corrected chi connectivity index (χ4v) is 4.30. The van der Waals surface area contributed by atoms with Crippen LogP contribution >= 0.6 is 0 Å². The van der Waals surface area contributed by atoms with E-state index in [0.717, 1.165) is 37.3 Å². The van der Waals surface area contributed by atoms with Crippen molar-refractivity contribution in [2.24, 2.45) is 0 Å². The molecule has 2 aromatic carbocycles. The van der Waals surface area contributed by atoms with Crippen molar-refractivity contribution in [3.8, 4) is 17.6 Å². The highest BCUT2D eigenvalue weighted by molar-refractivity contribution is 7.90. The van der Waals surface area contributed by atoms with Gasteiger partial charge in [0, 0.05) is 24.1 Å². The Hall–Kier alpha value is -3.10. The average molecular weight is 426 g/mol. The van der Waals surface area contributed by atoms with Crippen molar-refractivity contribution >= 4 is 15.9 Å². The monoisotopic (exact) mass is 426 g/mol. The number of nitrogens with zero attached hydrogens (tertiary/aromatic N) is 1. The van der Waals surface area contributed by atoms with E-state index in [-0.39, 0.29) is 17.1 Å². The molecule has 1 aliphatic carbocycles. The van der Waals surface area contributed by atoms with Crippen LogP contribution in [-0.4, -0.2) is 25.6 Å². The summed E-state index contributed by atoms with van der Waals surface area (Å²) in [6.45, 7) is 0.929. The van der Waals surface area contributed by atoms with Crippen LogP contribution in [0.3, 0.4) is 0 Å². The topological polar surface area (TPSA) is 116 Å². The molecule has 3 rings (SSSR count). The predicted octanol–water partition coefficient (Wildman–Crippen LogP) is 2.71. The number of nitrogens with one attached hydrogen (secondary N) is 1. The molecule has 0 bridgehead atoms. The van der Waals surface area contributed by atoms with Gasteiger partial charge in [-0.25, -0.2) is 26.3 Å². The maximum absolute atomic E-state index is 14.6. The molecule has 0 fully saturated rings. The Morgan fingerprint density at radius 3 is 2.55 bits per heavy atom. The van der Waals surface area contributed by atoms with E-state index in [1.54, 1.807) is 10.8 Å². The first kappa shape index (κ1) is 20.6. The molecule has 0 heterocycles. The Balaban J connectivity index is 2.16. The summed E-state index contributed by atoms with van der Waals surface area (Å²) in [5, 5.41) is 19.0. The number of amides is 1. The second kappa shape index (κ2) is 7.38. The van der Waals surface area contributed by atoms with Crippen LogP contribution in [0.4, 0.5) is 13.2 Å². The van der Waals surface area contributed by atoms with Crippen molar-refractivity contribution < 1.29 is 36.2 Å². The second-order valence-electron chi connectivity index (χ2n) is 6.23. The molecule has 1 aliphatic rings. The third-order valence-electron chi connectivity index (χ3n) is 4.16. The lowest BCUT2D eigenvalue weighted by atomic mass is 10.1. The summed E-state index contributed by atoms with van der Waals surface area (Å²) in [5.74, 6) is -2.35. The van der Waals surface area contributed by atoms with Crippen LogP contribution < -0.4 is 9.46 Å². The highest BCUT2D eigenvalue weighted by atomic mass is 32.2. The number of sulfonamides is 1. The molecule has 2 N–H and O–H groups in total. The molecular weight excluding hydrogens is 413 g/mol. The number of aliphatic hydroxyl groups is 1. The molecule has 0 aliphatic heterocycles. The molecule has 7 nitrogen and oxygen atoms in total. The van der Waals surface area contributed by atoms with Crippen LogP contribution in [0.1, 0.15) is 35.9 Å². The summed E-state index contributed by atoms with van der Waals surface area (Å²) >= 11 is 0. The van der Waals surface area contributed by atoms with E-state index in [2.05, 4.69) is 0 Å². The van der Waals surface area contributed by atoms with Crippen molar-refractivity contribution in [1.82, 2.24) is 4.72 Å². The molecule has 0 saturated heterocycles. The normalized spacial score (nSPS) is 20.6. The minimum Gasteiger partial charge on any atom is -0.457 e. The minimum atomic E-state index is -4.52. The number of fused-ring (bicyclic) bond motifs is 1. The SMILES string of the molecule is CC(=O)NS(=O)(=O)c1ccc(Oc2cc(F)cc(C#N)c2)c2c1[C@H](O)[C@H](F)[C@H]2F. The van der Waals surface area contributed by atoms with Gasteiger partial charge in [0.1, 0.15) is 23.4 Å². The Kier molecular flexibility index (Phi) is 5.25. The molecule has 1 amide bonds. The molecule has 0 unspecified atom stereocenters. The highest BCUT2D eigenvalue weighted by Crippen LogP contribution is 2.50. The molecular formula is C18H13F3N2O5S. The number of aliphatic hydroxyl groups excluding tert-OH is 1. The number of rotatable bonds is 4. The van der Waals surface area contributed by atoms with Gasteiger partial charge in [-0.1, -0.05) is 0 Å². The average Bonchev–Trinajstić information content (AvgIpc) is 2.85. The Morgan fingerprint density at radius 1 is 1.24 bits per heavy atom. The Morgan fingerprint density at radius 2 is 1.93 bits per heavy atom. The van der Waals surface area contributed by atoms with Gasteiger partial charge in [0.15, 0.2) is 12.3 Å². The number of benzene rings is 2. The van der Waals surface area contributed by atoms with E-state index < -0.39 is 56.2 Å². The van der Waals surface area contributed by atoms with Crippen LogP contribution in [0.5, 0.6) is 11.5 Å². The van der Waals surface area contributed by atoms with E-state index >= 15 is 0 Å². The van der Waals surface area contributed by atoms with Gasteiger partial charge < -0.3 is 9.84 Å². The third-order valence-corrected chi connectivity index (χ3v) is 5.65. The number of carbonyl (C=O) groups is 1. The van der Waals surface area contributed by atoms with E-state index in [9.17, 15) is 31.5 Å². The van der Waals surface area contributed by atoms with Gasteiger partial charge in [-0.15, -0.1) is 0 Å². The van der Waals surface area contributed by atoms with E-state index in [1.807, 2.05) is 0 Å². The van der Waals surface area contributed by atoms with Crippen molar-refractivity contribution in [2.75, 3.05) is 0 Å². The van der Waals surface area contributed by atoms with E-state index in [0.29, 0.717) is 0 Å². The van der Waals surface area contributed by atoms with Crippen molar-refractivity contribution in [1.29, 1.82) is 5.26 Å². The lowest BCUT2D eigenvalue weighted by molar-refractivity contribution is -0.117. The van der Waals surface area contributed by atoms with Gasteiger partial charge in [-0.2, -0.15) is 5.26 Å². The van der Waals surface area contributed by atoms with Gasteiger partial charge in [0.25, 0.3) is 10.0 Å². The first-order chi connectivity index (χ1) is 13.5.